The van der Waals surface area contributed by atoms with E-state index in [1.54, 1.807) is 12.3 Å². The predicted octanol–water partition coefficient (Wildman–Crippen LogP) is 1.99. The molecule has 1 fully saturated rings. The Labute approximate surface area is 77.9 Å². The van der Waals surface area contributed by atoms with Crippen molar-refractivity contribution in [3.05, 3.63) is 18.3 Å². The summed E-state index contributed by atoms with van der Waals surface area (Å²) in [5, 5.41) is 0. The summed E-state index contributed by atoms with van der Waals surface area (Å²) >= 11 is 0. The van der Waals surface area contributed by atoms with Crippen molar-refractivity contribution in [2.24, 2.45) is 0 Å². The van der Waals surface area contributed by atoms with Gasteiger partial charge in [0.05, 0.1) is 6.10 Å². The molecule has 1 saturated carbocycles. The van der Waals surface area contributed by atoms with Gasteiger partial charge in [0.1, 0.15) is 11.6 Å². The van der Waals surface area contributed by atoms with Crippen molar-refractivity contribution in [3.8, 4) is 5.75 Å². The van der Waals surface area contributed by atoms with Crippen molar-refractivity contribution >= 4 is 5.82 Å². The SMILES string of the molecule is Nc1cc(OC2CCCC2)ccn1. The third-order valence-corrected chi connectivity index (χ3v) is 2.36. The molecule has 1 aliphatic rings. The lowest BCUT2D eigenvalue weighted by Crippen LogP contribution is -2.10. The second-order valence-electron chi connectivity index (χ2n) is 3.44. The fourth-order valence-corrected chi connectivity index (χ4v) is 1.70. The summed E-state index contributed by atoms with van der Waals surface area (Å²) in [5.74, 6) is 1.37. The van der Waals surface area contributed by atoms with E-state index in [0.29, 0.717) is 11.9 Å². The summed E-state index contributed by atoms with van der Waals surface area (Å²) in [7, 11) is 0. The lowest BCUT2D eigenvalue weighted by atomic mass is 10.3. The molecule has 1 aromatic rings. The van der Waals surface area contributed by atoms with Crippen LogP contribution in [0.2, 0.25) is 0 Å². The summed E-state index contributed by atoms with van der Waals surface area (Å²) < 4.78 is 5.74. The molecule has 0 atom stereocenters. The van der Waals surface area contributed by atoms with Gasteiger partial charge in [0, 0.05) is 12.3 Å². The van der Waals surface area contributed by atoms with Crippen LogP contribution in [0.4, 0.5) is 5.82 Å². The van der Waals surface area contributed by atoms with E-state index in [1.807, 2.05) is 6.07 Å². The first-order valence-electron chi connectivity index (χ1n) is 4.73. The average molecular weight is 178 g/mol. The molecule has 0 aliphatic heterocycles. The predicted molar refractivity (Wildman–Crippen MR) is 51.5 cm³/mol. The topological polar surface area (TPSA) is 48.1 Å². The summed E-state index contributed by atoms with van der Waals surface area (Å²) in [6.07, 6.45) is 6.97. The van der Waals surface area contributed by atoms with Crippen LogP contribution in [0.15, 0.2) is 18.3 Å². The Morgan fingerprint density at radius 2 is 2.15 bits per heavy atom. The molecule has 1 aromatic heterocycles. The van der Waals surface area contributed by atoms with Gasteiger partial charge in [-0.05, 0) is 31.7 Å². The Bertz CT molecular complexity index is 282. The van der Waals surface area contributed by atoms with Crippen LogP contribution < -0.4 is 10.5 Å². The number of anilines is 1. The first kappa shape index (κ1) is 8.35. The molecular formula is C10H14N2O. The summed E-state index contributed by atoms with van der Waals surface area (Å²) in [4.78, 5) is 3.91. The second-order valence-corrected chi connectivity index (χ2v) is 3.44. The highest BCUT2D eigenvalue weighted by Crippen LogP contribution is 2.24. The second kappa shape index (κ2) is 3.64. The van der Waals surface area contributed by atoms with E-state index in [9.17, 15) is 0 Å². The van der Waals surface area contributed by atoms with E-state index in [0.717, 1.165) is 5.75 Å². The molecular weight excluding hydrogens is 164 g/mol. The number of pyridine rings is 1. The molecule has 2 rings (SSSR count). The number of rotatable bonds is 2. The molecule has 0 bridgehead atoms. The minimum absolute atomic E-state index is 0.391. The van der Waals surface area contributed by atoms with Gasteiger partial charge in [0.25, 0.3) is 0 Å². The highest BCUT2D eigenvalue weighted by molar-refractivity contribution is 5.35. The monoisotopic (exact) mass is 178 g/mol. The molecule has 3 heteroatoms. The molecule has 0 radical (unpaired) electrons. The summed E-state index contributed by atoms with van der Waals surface area (Å²) in [6, 6.07) is 3.63. The largest absolute Gasteiger partial charge is 0.490 e. The number of nitrogens with two attached hydrogens (primary N) is 1. The Morgan fingerprint density at radius 3 is 2.85 bits per heavy atom. The maximum atomic E-state index is 5.74. The quantitative estimate of drug-likeness (QED) is 0.753. The third kappa shape index (κ3) is 2.11. The normalized spacial score (nSPS) is 17.5. The van der Waals surface area contributed by atoms with Crippen LogP contribution in [0, 0.1) is 0 Å². The lowest BCUT2D eigenvalue weighted by Gasteiger charge is -2.12. The zero-order chi connectivity index (χ0) is 9.10. The van der Waals surface area contributed by atoms with Gasteiger partial charge in [-0.25, -0.2) is 4.98 Å². The van der Waals surface area contributed by atoms with Crippen molar-refractivity contribution < 1.29 is 4.74 Å². The standard InChI is InChI=1S/C10H14N2O/c11-10-7-9(5-6-12-10)13-8-3-1-2-4-8/h5-8H,1-4H2,(H2,11,12). The van der Waals surface area contributed by atoms with Crippen molar-refractivity contribution in [2.75, 3.05) is 5.73 Å². The number of aromatic nitrogens is 1. The smallest absolute Gasteiger partial charge is 0.126 e. The lowest BCUT2D eigenvalue weighted by molar-refractivity contribution is 0.210. The Balaban J connectivity index is 2.00. The molecule has 0 unspecified atom stereocenters. The average Bonchev–Trinajstić information content (AvgIpc) is 2.57. The molecule has 0 spiro atoms. The number of nitrogens with zero attached hydrogens (tertiary/aromatic N) is 1. The van der Waals surface area contributed by atoms with Crippen LogP contribution in [0.3, 0.4) is 0 Å². The maximum absolute atomic E-state index is 5.74. The zero-order valence-corrected chi connectivity index (χ0v) is 7.57. The van der Waals surface area contributed by atoms with E-state index in [1.165, 1.54) is 25.7 Å². The molecule has 70 valence electrons. The van der Waals surface area contributed by atoms with Crippen LogP contribution in [-0.4, -0.2) is 11.1 Å². The summed E-state index contributed by atoms with van der Waals surface area (Å²) in [6.45, 7) is 0. The van der Waals surface area contributed by atoms with E-state index in [2.05, 4.69) is 4.98 Å². The van der Waals surface area contributed by atoms with Crippen molar-refractivity contribution in [1.29, 1.82) is 0 Å². The van der Waals surface area contributed by atoms with Gasteiger partial charge in [0.2, 0.25) is 0 Å². The highest BCUT2D eigenvalue weighted by Gasteiger charge is 2.16. The minimum atomic E-state index is 0.391. The molecule has 2 N–H and O–H groups in total. The van der Waals surface area contributed by atoms with Crippen LogP contribution in [0.1, 0.15) is 25.7 Å². The van der Waals surface area contributed by atoms with E-state index in [4.69, 9.17) is 10.5 Å². The van der Waals surface area contributed by atoms with Crippen molar-refractivity contribution in [3.63, 3.8) is 0 Å². The van der Waals surface area contributed by atoms with Crippen LogP contribution in [0.25, 0.3) is 0 Å². The van der Waals surface area contributed by atoms with Gasteiger partial charge in [0.15, 0.2) is 0 Å². The van der Waals surface area contributed by atoms with Crippen molar-refractivity contribution in [2.45, 2.75) is 31.8 Å². The van der Waals surface area contributed by atoms with E-state index in [-0.39, 0.29) is 0 Å². The van der Waals surface area contributed by atoms with Crippen molar-refractivity contribution in [1.82, 2.24) is 4.98 Å². The Hall–Kier alpha value is -1.25. The fraction of sp³-hybridized carbons (Fsp3) is 0.500. The molecule has 3 nitrogen and oxygen atoms in total. The van der Waals surface area contributed by atoms with Gasteiger partial charge in [-0.1, -0.05) is 0 Å². The minimum Gasteiger partial charge on any atom is -0.490 e. The van der Waals surface area contributed by atoms with Gasteiger partial charge in [-0.3, -0.25) is 0 Å². The van der Waals surface area contributed by atoms with Gasteiger partial charge < -0.3 is 10.5 Å². The van der Waals surface area contributed by atoms with Gasteiger partial charge in [-0.15, -0.1) is 0 Å². The summed E-state index contributed by atoms with van der Waals surface area (Å²) in [5.41, 5.74) is 5.54. The highest BCUT2D eigenvalue weighted by atomic mass is 16.5. The molecule has 1 aliphatic carbocycles. The third-order valence-electron chi connectivity index (χ3n) is 2.36. The molecule has 1 heterocycles. The first-order valence-corrected chi connectivity index (χ1v) is 4.73. The fourth-order valence-electron chi connectivity index (χ4n) is 1.70. The first-order chi connectivity index (χ1) is 6.34. The number of hydrogen-bond donors (Lipinski definition) is 1. The molecule has 13 heavy (non-hydrogen) atoms. The Kier molecular flexibility index (Phi) is 2.34. The van der Waals surface area contributed by atoms with E-state index >= 15 is 0 Å². The van der Waals surface area contributed by atoms with Crippen LogP contribution in [0.5, 0.6) is 5.75 Å². The van der Waals surface area contributed by atoms with Crippen LogP contribution >= 0.6 is 0 Å². The molecule has 0 amide bonds. The number of ether oxygens (including phenoxy) is 1. The van der Waals surface area contributed by atoms with Gasteiger partial charge >= 0.3 is 0 Å². The zero-order valence-electron chi connectivity index (χ0n) is 7.57. The van der Waals surface area contributed by atoms with Gasteiger partial charge in [-0.2, -0.15) is 0 Å². The molecule has 0 aromatic carbocycles. The molecule has 0 saturated heterocycles. The van der Waals surface area contributed by atoms with Crippen LogP contribution in [-0.2, 0) is 0 Å². The Morgan fingerprint density at radius 1 is 1.38 bits per heavy atom. The number of nitrogen functional groups attached to an aromatic ring is 1. The number of hydrogen-bond acceptors (Lipinski definition) is 3. The van der Waals surface area contributed by atoms with E-state index < -0.39 is 0 Å². The maximum Gasteiger partial charge on any atom is 0.126 e.